The second-order valence-corrected chi connectivity index (χ2v) is 4.65. The van der Waals surface area contributed by atoms with Gasteiger partial charge in [-0.05, 0) is 17.6 Å². The van der Waals surface area contributed by atoms with E-state index in [9.17, 15) is 0 Å². The van der Waals surface area contributed by atoms with Gasteiger partial charge in [0, 0.05) is 20.3 Å². The summed E-state index contributed by atoms with van der Waals surface area (Å²) in [5.41, 5.74) is 0.152. The van der Waals surface area contributed by atoms with Crippen LogP contribution >= 0.6 is 12.6 Å². The number of methoxy groups -OCH3 is 1. The van der Waals surface area contributed by atoms with Crippen LogP contribution in [0.25, 0.3) is 0 Å². The molecule has 0 fully saturated rings. The molecule has 0 saturated carbocycles. The van der Waals surface area contributed by atoms with E-state index in [4.69, 9.17) is 14.2 Å². The van der Waals surface area contributed by atoms with Crippen LogP contribution in [0.2, 0.25) is 0 Å². The number of rotatable bonds is 10. The van der Waals surface area contributed by atoms with Crippen molar-refractivity contribution in [3.05, 3.63) is 0 Å². The second-order valence-electron chi connectivity index (χ2n) is 4.33. The van der Waals surface area contributed by atoms with Gasteiger partial charge in [0.15, 0.2) is 0 Å². The molecule has 0 rings (SSSR count). The van der Waals surface area contributed by atoms with Gasteiger partial charge in [-0.15, -0.1) is 0 Å². The highest BCUT2D eigenvalue weighted by molar-refractivity contribution is 7.80. The summed E-state index contributed by atoms with van der Waals surface area (Å²) < 4.78 is 15.8. The average Bonchev–Trinajstić information content (AvgIpc) is 2.22. The lowest BCUT2D eigenvalue weighted by molar-refractivity contribution is 0.0163. The summed E-state index contributed by atoms with van der Waals surface area (Å²) in [6, 6.07) is 0. The third-order valence-corrected chi connectivity index (χ3v) is 2.79. The second kappa shape index (κ2) is 9.46. The molecule has 0 atom stereocenters. The van der Waals surface area contributed by atoms with E-state index in [-0.39, 0.29) is 5.41 Å². The number of hydrogen-bond acceptors (Lipinski definition) is 4. The van der Waals surface area contributed by atoms with Crippen LogP contribution in [-0.4, -0.2) is 45.9 Å². The smallest absolute Gasteiger partial charge is 0.0700 e. The van der Waals surface area contributed by atoms with Crippen molar-refractivity contribution < 1.29 is 14.2 Å². The molecule has 0 N–H and O–H groups in total. The van der Waals surface area contributed by atoms with Crippen LogP contribution < -0.4 is 0 Å². The van der Waals surface area contributed by atoms with Crippen LogP contribution in [0.5, 0.6) is 0 Å². The highest BCUT2D eigenvalue weighted by atomic mass is 32.1. The van der Waals surface area contributed by atoms with Crippen molar-refractivity contribution in [2.75, 3.05) is 45.9 Å². The Hall–Kier alpha value is 0.230. The van der Waals surface area contributed by atoms with Gasteiger partial charge in [-0.2, -0.15) is 12.6 Å². The Kier molecular flexibility index (Phi) is 9.60. The molecule has 0 aliphatic heterocycles. The van der Waals surface area contributed by atoms with Gasteiger partial charge in [0.1, 0.15) is 0 Å². The van der Waals surface area contributed by atoms with Crippen LogP contribution in [-0.2, 0) is 14.2 Å². The Balaban J connectivity index is 3.11. The predicted octanol–water partition coefficient (Wildman–Crippen LogP) is 2.01. The van der Waals surface area contributed by atoms with Gasteiger partial charge in [-0.25, -0.2) is 0 Å². The zero-order valence-electron chi connectivity index (χ0n) is 10.1. The first-order valence-corrected chi connectivity index (χ1v) is 6.01. The normalized spacial score (nSPS) is 12.0. The minimum Gasteiger partial charge on any atom is -0.385 e. The zero-order valence-corrected chi connectivity index (χ0v) is 11.0. The first-order chi connectivity index (χ1) is 7.12. The van der Waals surface area contributed by atoms with Crippen LogP contribution in [0, 0.1) is 5.41 Å². The topological polar surface area (TPSA) is 27.7 Å². The van der Waals surface area contributed by atoms with Crippen molar-refractivity contribution in [1.29, 1.82) is 0 Å². The van der Waals surface area contributed by atoms with Crippen molar-refractivity contribution in [3.63, 3.8) is 0 Å². The Morgan fingerprint density at radius 3 is 2.27 bits per heavy atom. The van der Waals surface area contributed by atoms with E-state index < -0.39 is 0 Å². The fourth-order valence-electron chi connectivity index (χ4n) is 0.919. The number of ether oxygens (including phenoxy) is 3. The first kappa shape index (κ1) is 15.2. The first-order valence-electron chi connectivity index (χ1n) is 5.37. The van der Waals surface area contributed by atoms with Gasteiger partial charge in [-0.3, -0.25) is 0 Å². The van der Waals surface area contributed by atoms with Gasteiger partial charge in [0.05, 0.1) is 19.8 Å². The summed E-state index contributed by atoms with van der Waals surface area (Å²) in [6.45, 7) is 7.83. The Bertz CT molecular complexity index is 140. The fraction of sp³-hybridized carbons (Fsp3) is 1.00. The summed E-state index contributed by atoms with van der Waals surface area (Å²) in [5, 5.41) is 0. The standard InChI is InChI=1S/C11H24O3S/c1-11(2,10-15)9-14-8-7-13-6-4-5-12-3/h15H,4-10H2,1-3H3. The summed E-state index contributed by atoms with van der Waals surface area (Å²) in [4.78, 5) is 0. The third kappa shape index (κ3) is 10.5. The van der Waals surface area contributed by atoms with Crippen LogP contribution in [0.4, 0.5) is 0 Å². The van der Waals surface area contributed by atoms with Gasteiger partial charge < -0.3 is 14.2 Å². The quantitative estimate of drug-likeness (QED) is 0.464. The molecule has 92 valence electrons. The molecular formula is C11H24O3S. The predicted molar refractivity (Wildman–Crippen MR) is 65.8 cm³/mol. The summed E-state index contributed by atoms with van der Waals surface area (Å²) in [6.07, 6.45) is 0.943. The van der Waals surface area contributed by atoms with Crippen molar-refractivity contribution >= 4 is 12.6 Å². The SMILES string of the molecule is COCCCOCCOCC(C)(C)CS. The van der Waals surface area contributed by atoms with E-state index in [0.29, 0.717) is 13.2 Å². The van der Waals surface area contributed by atoms with Gasteiger partial charge in [-0.1, -0.05) is 13.8 Å². The highest BCUT2D eigenvalue weighted by Crippen LogP contribution is 2.16. The van der Waals surface area contributed by atoms with E-state index in [1.54, 1.807) is 7.11 Å². The molecular weight excluding hydrogens is 212 g/mol. The largest absolute Gasteiger partial charge is 0.385 e. The summed E-state index contributed by atoms with van der Waals surface area (Å²) in [5.74, 6) is 0.835. The van der Waals surface area contributed by atoms with Crippen molar-refractivity contribution in [2.45, 2.75) is 20.3 Å². The molecule has 0 saturated heterocycles. The highest BCUT2D eigenvalue weighted by Gasteiger charge is 2.15. The lowest BCUT2D eigenvalue weighted by atomic mass is 9.98. The molecule has 0 heterocycles. The maximum absolute atomic E-state index is 5.49. The minimum absolute atomic E-state index is 0.152. The molecule has 3 nitrogen and oxygen atoms in total. The van der Waals surface area contributed by atoms with E-state index in [0.717, 1.165) is 32.0 Å². The van der Waals surface area contributed by atoms with E-state index in [1.165, 1.54) is 0 Å². The maximum Gasteiger partial charge on any atom is 0.0700 e. The van der Waals surface area contributed by atoms with E-state index in [2.05, 4.69) is 26.5 Å². The monoisotopic (exact) mass is 236 g/mol. The molecule has 0 aromatic carbocycles. The lowest BCUT2D eigenvalue weighted by Crippen LogP contribution is -2.22. The van der Waals surface area contributed by atoms with Crippen LogP contribution in [0.3, 0.4) is 0 Å². The molecule has 4 heteroatoms. The van der Waals surface area contributed by atoms with Crippen molar-refractivity contribution in [1.82, 2.24) is 0 Å². The Morgan fingerprint density at radius 1 is 1.00 bits per heavy atom. The van der Waals surface area contributed by atoms with Crippen LogP contribution in [0.15, 0.2) is 0 Å². The summed E-state index contributed by atoms with van der Waals surface area (Å²) in [7, 11) is 1.70. The molecule has 0 aliphatic rings. The van der Waals surface area contributed by atoms with E-state index in [1.807, 2.05) is 0 Å². The van der Waals surface area contributed by atoms with Crippen molar-refractivity contribution in [2.24, 2.45) is 5.41 Å². The van der Waals surface area contributed by atoms with Crippen LogP contribution in [0.1, 0.15) is 20.3 Å². The lowest BCUT2D eigenvalue weighted by Gasteiger charge is -2.21. The molecule has 0 aliphatic carbocycles. The summed E-state index contributed by atoms with van der Waals surface area (Å²) >= 11 is 4.26. The molecule has 0 radical (unpaired) electrons. The van der Waals surface area contributed by atoms with Gasteiger partial charge in [0.25, 0.3) is 0 Å². The number of hydrogen-bond donors (Lipinski definition) is 1. The van der Waals surface area contributed by atoms with E-state index >= 15 is 0 Å². The van der Waals surface area contributed by atoms with Gasteiger partial charge in [0.2, 0.25) is 0 Å². The molecule has 0 spiro atoms. The Morgan fingerprint density at radius 2 is 1.67 bits per heavy atom. The minimum atomic E-state index is 0.152. The average molecular weight is 236 g/mol. The fourth-order valence-corrected chi connectivity index (χ4v) is 1.01. The molecule has 0 unspecified atom stereocenters. The maximum atomic E-state index is 5.49. The Labute approximate surface area is 98.9 Å². The van der Waals surface area contributed by atoms with Crippen molar-refractivity contribution in [3.8, 4) is 0 Å². The molecule has 15 heavy (non-hydrogen) atoms. The molecule has 0 amide bonds. The number of thiol groups is 1. The zero-order chi connectivity index (χ0) is 11.6. The third-order valence-electron chi connectivity index (χ3n) is 1.93. The molecule has 0 bridgehead atoms. The molecule has 0 aromatic rings. The van der Waals surface area contributed by atoms with Gasteiger partial charge >= 0.3 is 0 Å². The molecule has 0 aromatic heterocycles.